The molecule has 1 N–H and O–H groups in total. The quantitative estimate of drug-likeness (QED) is 0.878. The molecule has 2 aromatic rings. The molecular formula is C13H13NO4. The first-order valence-corrected chi connectivity index (χ1v) is 5.59. The third kappa shape index (κ3) is 2.88. The van der Waals surface area contributed by atoms with E-state index in [-0.39, 0.29) is 6.42 Å². The Morgan fingerprint density at radius 1 is 1.39 bits per heavy atom. The largest absolute Gasteiger partial charge is 0.494 e. The summed E-state index contributed by atoms with van der Waals surface area (Å²) < 4.78 is 10.3. The number of carbonyl (C=O) groups is 1. The predicted octanol–water partition coefficient (Wildman–Crippen LogP) is 2.37. The highest BCUT2D eigenvalue weighted by Crippen LogP contribution is 2.22. The summed E-state index contributed by atoms with van der Waals surface area (Å²) in [7, 11) is 0. The minimum Gasteiger partial charge on any atom is -0.494 e. The van der Waals surface area contributed by atoms with Gasteiger partial charge < -0.3 is 14.4 Å². The predicted molar refractivity (Wildman–Crippen MR) is 64.4 cm³/mol. The van der Waals surface area contributed by atoms with Crippen LogP contribution in [0.5, 0.6) is 5.75 Å². The van der Waals surface area contributed by atoms with Crippen LogP contribution in [0.4, 0.5) is 0 Å². The number of aliphatic carboxylic acids is 1. The van der Waals surface area contributed by atoms with Crippen LogP contribution in [0.2, 0.25) is 0 Å². The maximum Gasteiger partial charge on any atom is 0.311 e. The van der Waals surface area contributed by atoms with Gasteiger partial charge in [-0.1, -0.05) is 5.16 Å². The zero-order valence-electron chi connectivity index (χ0n) is 9.92. The molecule has 0 saturated heterocycles. The van der Waals surface area contributed by atoms with Gasteiger partial charge in [0, 0.05) is 11.6 Å². The Morgan fingerprint density at radius 2 is 2.11 bits per heavy atom. The molecule has 0 atom stereocenters. The third-order valence-electron chi connectivity index (χ3n) is 2.35. The Kier molecular flexibility index (Phi) is 3.62. The molecule has 0 spiro atoms. The fourth-order valence-electron chi connectivity index (χ4n) is 1.57. The molecule has 1 heterocycles. The fraction of sp³-hybridized carbons (Fsp3) is 0.231. The maximum atomic E-state index is 10.5. The number of hydrogen-bond donors (Lipinski definition) is 1. The van der Waals surface area contributed by atoms with Crippen molar-refractivity contribution in [1.29, 1.82) is 0 Å². The summed E-state index contributed by atoms with van der Waals surface area (Å²) in [6.07, 6.45) is -0.163. The molecule has 94 valence electrons. The Balaban J connectivity index is 2.15. The monoisotopic (exact) mass is 247 g/mol. The van der Waals surface area contributed by atoms with Crippen molar-refractivity contribution in [2.24, 2.45) is 0 Å². The number of rotatable bonds is 5. The molecule has 0 amide bonds. The average Bonchev–Trinajstić information content (AvgIpc) is 2.78. The van der Waals surface area contributed by atoms with E-state index in [4.69, 9.17) is 14.4 Å². The van der Waals surface area contributed by atoms with Crippen LogP contribution < -0.4 is 4.74 Å². The second-order valence-electron chi connectivity index (χ2n) is 3.71. The molecular weight excluding hydrogens is 234 g/mol. The fourth-order valence-corrected chi connectivity index (χ4v) is 1.57. The van der Waals surface area contributed by atoms with E-state index in [1.165, 1.54) is 0 Å². The summed E-state index contributed by atoms with van der Waals surface area (Å²) >= 11 is 0. The van der Waals surface area contributed by atoms with Crippen LogP contribution in [0, 0.1) is 0 Å². The SMILES string of the molecule is CCOc1ccc(-c2cc(CC(=O)O)on2)cc1. The van der Waals surface area contributed by atoms with E-state index < -0.39 is 5.97 Å². The van der Waals surface area contributed by atoms with Gasteiger partial charge >= 0.3 is 5.97 Å². The third-order valence-corrected chi connectivity index (χ3v) is 2.35. The number of benzene rings is 1. The van der Waals surface area contributed by atoms with Gasteiger partial charge in [0.1, 0.15) is 23.6 Å². The van der Waals surface area contributed by atoms with E-state index >= 15 is 0 Å². The lowest BCUT2D eigenvalue weighted by Gasteiger charge is -2.02. The van der Waals surface area contributed by atoms with Crippen molar-refractivity contribution in [2.75, 3.05) is 6.61 Å². The molecule has 0 aliphatic rings. The van der Waals surface area contributed by atoms with Crippen molar-refractivity contribution in [1.82, 2.24) is 5.16 Å². The summed E-state index contributed by atoms with van der Waals surface area (Å²) in [6.45, 7) is 2.54. The molecule has 0 fully saturated rings. The summed E-state index contributed by atoms with van der Waals surface area (Å²) in [5.74, 6) is 0.186. The van der Waals surface area contributed by atoms with Crippen LogP contribution in [0.3, 0.4) is 0 Å². The molecule has 1 aromatic heterocycles. The van der Waals surface area contributed by atoms with Crippen molar-refractivity contribution < 1.29 is 19.2 Å². The van der Waals surface area contributed by atoms with Gasteiger partial charge in [-0.15, -0.1) is 0 Å². The molecule has 0 aliphatic carbocycles. The van der Waals surface area contributed by atoms with Gasteiger partial charge in [-0.3, -0.25) is 4.79 Å². The second kappa shape index (κ2) is 5.35. The molecule has 2 rings (SSSR count). The molecule has 0 bridgehead atoms. The van der Waals surface area contributed by atoms with Gasteiger partial charge in [0.2, 0.25) is 0 Å². The lowest BCUT2D eigenvalue weighted by molar-refractivity contribution is -0.136. The summed E-state index contributed by atoms with van der Waals surface area (Å²) in [5, 5.41) is 12.5. The van der Waals surface area contributed by atoms with Gasteiger partial charge in [-0.05, 0) is 31.2 Å². The molecule has 1 aromatic carbocycles. The van der Waals surface area contributed by atoms with Crippen molar-refractivity contribution >= 4 is 5.97 Å². The van der Waals surface area contributed by atoms with Crippen LogP contribution in [0.25, 0.3) is 11.3 Å². The minimum atomic E-state index is -0.940. The smallest absolute Gasteiger partial charge is 0.311 e. The maximum absolute atomic E-state index is 10.5. The molecule has 0 aliphatic heterocycles. The van der Waals surface area contributed by atoms with Crippen LogP contribution in [-0.4, -0.2) is 22.8 Å². The molecule has 18 heavy (non-hydrogen) atoms. The second-order valence-corrected chi connectivity index (χ2v) is 3.71. The molecule has 5 heteroatoms. The number of ether oxygens (including phenoxy) is 1. The van der Waals surface area contributed by atoms with E-state index in [2.05, 4.69) is 5.16 Å². The van der Waals surface area contributed by atoms with Crippen molar-refractivity contribution in [3.63, 3.8) is 0 Å². The van der Waals surface area contributed by atoms with Crippen molar-refractivity contribution in [3.8, 4) is 17.0 Å². The average molecular weight is 247 g/mol. The van der Waals surface area contributed by atoms with Crippen LogP contribution in [0.15, 0.2) is 34.9 Å². The summed E-state index contributed by atoms with van der Waals surface area (Å²) in [6, 6.07) is 9.01. The van der Waals surface area contributed by atoms with E-state index in [9.17, 15) is 4.79 Å². The van der Waals surface area contributed by atoms with Crippen molar-refractivity contribution in [3.05, 3.63) is 36.1 Å². The highest BCUT2D eigenvalue weighted by Gasteiger charge is 2.09. The van der Waals surface area contributed by atoms with Crippen LogP contribution in [0.1, 0.15) is 12.7 Å². The molecule has 0 radical (unpaired) electrons. The van der Waals surface area contributed by atoms with E-state index in [0.717, 1.165) is 11.3 Å². The normalized spacial score (nSPS) is 10.3. The van der Waals surface area contributed by atoms with Gasteiger partial charge in [-0.2, -0.15) is 0 Å². The number of nitrogens with zero attached hydrogens (tertiary/aromatic N) is 1. The lowest BCUT2D eigenvalue weighted by atomic mass is 10.1. The molecule has 5 nitrogen and oxygen atoms in total. The lowest BCUT2D eigenvalue weighted by Crippen LogP contribution is -1.97. The van der Waals surface area contributed by atoms with Crippen molar-refractivity contribution in [2.45, 2.75) is 13.3 Å². The minimum absolute atomic E-state index is 0.163. The summed E-state index contributed by atoms with van der Waals surface area (Å²) in [4.78, 5) is 10.5. The van der Waals surface area contributed by atoms with Gasteiger partial charge in [0.25, 0.3) is 0 Å². The van der Waals surface area contributed by atoms with E-state index in [0.29, 0.717) is 18.1 Å². The first-order chi connectivity index (χ1) is 8.69. The van der Waals surface area contributed by atoms with Gasteiger partial charge in [-0.25, -0.2) is 0 Å². The number of carboxylic acids is 1. The number of hydrogen-bond acceptors (Lipinski definition) is 4. The van der Waals surface area contributed by atoms with Crippen LogP contribution in [-0.2, 0) is 11.2 Å². The molecule has 0 saturated carbocycles. The standard InChI is InChI=1S/C13H13NO4/c1-2-17-10-5-3-9(4-6-10)12-7-11(18-14-12)8-13(15)16/h3-7H,2,8H2,1H3,(H,15,16). The first kappa shape index (κ1) is 12.2. The zero-order chi connectivity index (χ0) is 13.0. The van der Waals surface area contributed by atoms with Gasteiger partial charge in [0.15, 0.2) is 0 Å². The Bertz CT molecular complexity index is 530. The van der Waals surface area contributed by atoms with Crippen LogP contribution >= 0.6 is 0 Å². The molecule has 0 unspecified atom stereocenters. The summed E-state index contributed by atoms with van der Waals surface area (Å²) in [5.41, 5.74) is 1.48. The topological polar surface area (TPSA) is 72.6 Å². The number of carboxylic acid groups (broad SMARTS) is 1. The van der Waals surface area contributed by atoms with E-state index in [1.807, 2.05) is 31.2 Å². The Labute approximate surface area is 104 Å². The number of aromatic nitrogens is 1. The Hall–Kier alpha value is -2.30. The first-order valence-electron chi connectivity index (χ1n) is 5.59. The highest BCUT2D eigenvalue weighted by molar-refractivity contribution is 5.70. The highest BCUT2D eigenvalue weighted by atomic mass is 16.5. The zero-order valence-corrected chi connectivity index (χ0v) is 9.92. The Morgan fingerprint density at radius 3 is 2.72 bits per heavy atom. The van der Waals surface area contributed by atoms with E-state index in [1.54, 1.807) is 6.07 Å². The van der Waals surface area contributed by atoms with Gasteiger partial charge in [0.05, 0.1) is 6.61 Å².